The van der Waals surface area contributed by atoms with Crippen molar-refractivity contribution in [2.75, 3.05) is 19.8 Å². The first kappa shape index (κ1) is 18.9. The van der Waals surface area contributed by atoms with Gasteiger partial charge in [-0.2, -0.15) is 0 Å². The van der Waals surface area contributed by atoms with Gasteiger partial charge < -0.3 is 10.6 Å². The molecule has 0 spiro atoms. The van der Waals surface area contributed by atoms with Crippen LogP contribution >= 0.6 is 12.4 Å². The molecule has 1 aromatic carbocycles. The van der Waals surface area contributed by atoms with Gasteiger partial charge in [-0.15, -0.1) is 12.4 Å². The van der Waals surface area contributed by atoms with E-state index in [1.165, 1.54) is 6.26 Å². The molecular formula is C13H21ClN2O3S. The minimum absolute atomic E-state index is 0. The summed E-state index contributed by atoms with van der Waals surface area (Å²) in [5.41, 5.74) is 0.880. The second-order valence-electron chi connectivity index (χ2n) is 4.48. The van der Waals surface area contributed by atoms with Gasteiger partial charge in [0.1, 0.15) is 0 Å². The molecule has 1 atom stereocenters. The summed E-state index contributed by atoms with van der Waals surface area (Å²) in [6.07, 6.45) is 1.59. The number of nitrogens with one attached hydrogen (secondary N) is 2. The van der Waals surface area contributed by atoms with Gasteiger partial charge in [0.15, 0.2) is 9.84 Å². The lowest BCUT2D eigenvalue weighted by Crippen LogP contribution is -2.29. The summed E-state index contributed by atoms with van der Waals surface area (Å²) in [5.74, 6) is -0.0333. The summed E-state index contributed by atoms with van der Waals surface area (Å²) in [5, 5.41) is 5.77. The number of amides is 1. The Morgan fingerprint density at radius 3 is 2.25 bits per heavy atom. The highest BCUT2D eigenvalue weighted by molar-refractivity contribution is 7.90. The quantitative estimate of drug-likeness (QED) is 0.828. The number of benzene rings is 1. The second kappa shape index (κ2) is 8.24. The molecule has 0 aliphatic carbocycles. The fourth-order valence-corrected chi connectivity index (χ4v) is 2.27. The van der Waals surface area contributed by atoms with E-state index >= 15 is 0 Å². The van der Waals surface area contributed by atoms with E-state index in [4.69, 9.17) is 0 Å². The molecule has 0 aliphatic heterocycles. The molecule has 1 unspecified atom stereocenters. The van der Waals surface area contributed by atoms with Crippen LogP contribution in [0.2, 0.25) is 0 Å². The SMILES string of the molecule is CNCCC(=O)NC(C)c1ccc(S(C)(=O)=O)cc1.Cl. The van der Waals surface area contributed by atoms with Crippen molar-refractivity contribution in [3.63, 3.8) is 0 Å². The fraction of sp³-hybridized carbons (Fsp3) is 0.462. The molecule has 0 bridgehead atoms. The summed E-state index contributed by atoms with van der Waals surface area (Å²) in [4.78, 5) is 11.8. The molecule has 0 aromatic heterocycles. The van der Waals surface area contributed by atoms with Gasteiger partial charge in [-0.3, -0.25) is 4.79 Å². The van der Waals surface area contributed by atoms with Crippen LogP contribution in [0.4, 0.5) is 0 Å². The molecule has 2 N–H and O–H groups in total. The van der Waals surface area contributed by atoms with Crippen LogP contribution in [0, 0.1) is 0 Å². The highest BCUT2D eigenvalue weighted by atomic mass is 35.5. The predicted molar refractivity (Wildman–Crippen MR) is 81.9 cm³/mol. The Morgan fingerprint density at radius 1 is 1.25 bits per heavy atom. The van der Waals surface area contributed by atoms with Gasteiger partial charge in [-0.1, -0.05) is 12.1 Å². The van der Waals surface area contributed by atoms with Crippen LogP contribution < -0.4 is 10.6 Å². The number of halogens is 1. The number of carbonyl (C=O) groups excluding carboxylic acids is 1. The van der Waals surface area contributed by atoms with Gasteiger partial charge in [-0.05, 0) is 31.7 Å². The van der Waals surface area contributed by atoms with Gasteiger partial charge >= 0.3 is 0 Å². The van der Waals surface area contributed by atoms with Crippen molar-refractivity contribution >= 4 is 28.2 Å². The molecule has 1 amide bonds. The zero-order valence-corrected chi connectivity index (χ0v) is 13.5. The average Bonchev–Trinajstić information content (AvgIpc) is 2.35. The number of sulfone groups is 1. The molecule has 0 saturated carbocycles. The van der Waals surface area contributed by atoms with Crippen LogP contribution in [-0.4, -0.2) is 34.2 Å². The van der Waals surface area contributed by atoms with Gasteiger partial charge in [0.25, 0.3) is 0 Å². The highest BCUT2D eigenvalue weighted by Gasteiger charge is 2.11. The topological polar surface area (TPSA) is 75.3 Å². The Kier molecular flexibility index (Phi) is 7.78. The van der Waals surface area contributed by atoms with Crippen molar-refractivity contribution in [1.82, 2.24) is 10.6 Å². The number of rotatable bonds is 6. The molecule has 20 heavy (non-hydrogen) atoms. The zero-order valence-electron chi connectivity index (χ0n) is 11.8. The fourth-order valence-electron chi connectivity index (χ4n) is 1.64. The number of hydrogen-bond donors (Lipinski definition) is 2. The van der Waals surface area contributed by atoms with E-state index in [0.29, 0.717) is 13.0 Å². The third kappa shape index (κ3) is 5.90. The van der Waals surface area contributed by atoms with Crippen LogP contribution in [0.25, 0.3) is 0 Å². The van der Waals surface area contributed by atoms with Gasteiger partial charge in [0, 0.05) is 19.2 Å². The van der Waals surface area contributed by atoms with E-state index < -0.39 is 9.84 Å². The van der Waals surface area contributed by atoms with E-state index in [-0.39, 0.29) is 29.3 Å². The first-order chi connectivity index (χ1) is 8.84. The van der Waals surface area contributed by atoms with Crippen LogP contribution in [0.3, 0.4) is 0 Å². The maximum atomic E-state index is 11.6. The van der Waals surface area contributed by atoms with Gasteiger partial charge in [0.05, 0.1) is 10.9 Å². The van der Waals surface area contributed by atoms with Crippen LogP contribution in [-0.2, 0) is 14.6 Å². The Balaban J connectivity index is 0.00000361. The van der Waals surface area contributed by atoms with Crippen LogP contribution in [0.5, 0.6) is 0 Å². The van der Waals surface area contributed by atoms with E-state index in [1.807, 2.05) is 6.92 Å². The van der Waals surface area contributed by atoms with Crippen molar-refractivity contribution in [2.45, 2.75) is 24.3 Å². The van der Waals surface area contributed by atoms with Gasteiger partial charge in [-0.25, -0.2) is 8.42 Å². The molecule has 0 saturated heterocycles. The molecule has 1 aromatic rings. The minimum atomic E-state index is -3.18. The third-order valence-electron chi connectivity index (χ3n) is 2.79. The maximum absolute atomic E-state index is 11.6. The first-order valence-corrected chi connectivity index (χ1v) is 7.97. The third-order valence-corrected chi connectivity index (χ3v) is 3.92. The molecule has 0 fully saturated rings. The summed E-state index contributed by atoms with van der Waals surface area (Å²) < 4.78 is 22.7. The zero-order chi connectivity index (χ0) is 14.5. The average molecular weight is 321 g/mol. The van der Waals surface area contributed by atoms with E-state index in [9.17, 15) is 13.2 Å². The number of hydrogen-bond acceptors (Lipinski definition) is 4. The molecule has 114 valence electrons. The maximum Gasteiger partial charge on any atom is 0.221 e. The molecule has 0 aliphatic rings. The van der Waals surface area contributed by atoms with E-state index in [1.54, 1.807) is 31.3 Å². The van der Waals surface area contributed by atoms with E-state index in [2.05, 4.69) is 10.6 Å². The molecule has 0 heterocycles. The molecule has 7 heteroatoms. The Morgan fingerprint density at radius 2 is 1.80 bits per heavy atom. The summed E-state index contributed by atoms with van der Waals surface area (Å²) in [6.45, 7) is 2.50. The summed E-state index contributed by atoms with van der Waals surface area (Å²) in [6, 6.07) is 6.42. The molecular weight excluding hydrogens is 300 g/mol. The lowest BCUT2D eigenvalue weighted by molar-refractivity contribution is -0.121. The minimum Gasteiger partial charge on any atom is -0.350 e. The summed E-state index contributed by atoms with van der Waals surface area (Å²) in [7, 11) is -1.38. The van der Waals surface area contributed by atoms with Crippen LogP contribution in [0.15, 0.2) is 29.2 Å². The molecule has 5 nitrogen and oxygen atoms in total. The van der Waals surface area contributed by atoms with Crippen molar-refractivity contribution in [3.05, 3.63) is 29.8 Å². The standard InChI is InChI=1S/C13H20N2O3S.ClH/c1-10(15-13(16)8-9-14-2)11-4-6-12(7-5-11)19(3,17)18;/h4-7,10,14H,8-9H2,1-3H3,(H,15,16);1H. The molecule has 1 rings (SSSR count). The largest absolute Gasteiger partial charge is 0.350 e. The Bertz CT molecular complexity index is 529. The van der Waals surface area contributed by atoms with Crippen molar-refractivity contribution in [3.8, 4) is 0 Å². The summed E-state index contributed by atoms with van der Waals surface area (Å²) >= 11 is 0. The monoisotopic (exact) mass is 320 g/mol. The highest BCUT2D eigenvalue weighted by Crippen LogP contribution is 2.16. The Labute approximate surface area is 126 Å². The smallest absolute Gasteiger partial charge is 0.221 e. The lowest BCUT2D eigenvalue weighted by Gasteiger charge is -2.14. The first-order valence-electron chi connectivity index (χ1n) is 6.08. The van der Waals surface area contributed by atoms with Crippen molar-refractivity contribution in [1.29, 1.82) is 0 Å². The second-order valence-corrected chi connectivity index (χ2v) is 6.50. The predicted octanol–water partition coefficient (Wildman–Crippen LogP) is 1.30. The van der Waals surface area contributed by atoms with Crippen LogP contribution in [0.1, 0.15) is 24.9 Å². The van der Waals surface area contributed by atoms with E-state index in [0.717, 1.165) is 5.56 Å². The normalized spacial score (nSPS) is 12.3. The lowest BCUT2D eigenvalue weighted by atomic mass is 10.1. The molecule has 0 radical (unpaired) electrons. The van der Waals surface area contributed by atoms with Crippen molar-refractivity contribution in [2.24, 2.45) is 0 Å². The Hall–Kier alpha value is -1.11. The van der Waals surface area contributed by atoms with Gasteiger partial charge in [0.2, 0.25) is 5.91 Å². The van der Waals surface area contributed by atoms with Crippen molar-refractivity contribution < 1.29 is 13.2 Å². The number of carbonyl (C=O) groups is 1.